The molecule has 0 aromatic heterocycles. The van der Waals surface area contributed by atoms with Crippen molar-refractivity contribution < 1.29 is 14.3 Å². The fraction of sp³-hybridized carbons (Fsp3) is 0.438. The summed E-state index contributed by atoms with van der Waals surface area (Å²) in [5, 5.41) is 0. The number of unbranched alkanes of at least 4 members (excludes halogenated alkanes) is 1. The van der Waals surface area contributed by atoms with Crippen LogP contribution in [-0.2, 0) is 9.53 Å². The highest BCUT2D eigenvalue weighted by Crippen LogP contribution is 2.14. The second-order valence-electron chi connectivity index (χ2n) is 4.59. The first-order valence-corrected chi connectivity index (χ1v) is 6.73. The minimum absolute atomic E-state index is 0.162. The Bertz CT molecular complexity index is 405. The van der Waals surface area contributed by atoms with Gasteiger partial charge in [0.2, 0.25) is 0 Å². The fourth-order valence-corrected chi connectivity index (χ4v) is 1.46. The molecular formula is C16H22O3. The van der Waals surface area contributed by atoms with Gasteiger partial charge in [0.25, 0.3) is 0 Å². The third-order valence-corrected chi connectivity index (χ3v) is 2.41. The van der Waals surface area contributed by atoms with Gasteiger partial charge in [-0.15, -0.1) is 0 Å². The van der Waals surface area contributed by atoms with Crippen molar-refractivity contribution in [1.29, 1.82) is 0 Å². The third kappa shape index (κ3) is 6.65. The SMILES string of the molecule is CCCCOC(=O)/C=C/c1ccc(OC(C)C)cc1. The first-order valence-electron chi connectivity index (χ1n) is 6.73. The number of rotatable bonds is 7. The number of benzene rings is 1. The van der Waals surface area contributed by atoms with E-state index in [2.05, 4.69) is 6.92 Å². The van der Waals surface area contributed by atoms with Crippen molar-refractivity contribution in [3.63, 3.8) is 0 Å². The van der Waals surface area contributed by atoms with Gasteiger partial charge < -0.3 is 9.47 Å². The van der Waals surface area contributed by atoms with Gasteiger partial charge in [0.1, 0.15) is 5.75 Å². The van der Waals surface area contributed by atoms with Crippen molar-refractivity contribution >= 4 is 12.0 Å². The highest BCUT2D eigenvalue weighted by Gasteiger charge is 1.98. The maximum atomic E-state index is 11.4. The highest BCUT2D eigenvalue weighted by molar-refractivity contribution is 5.87. The average Bonchev–Trinajstić information content (AvgIpc) is 2.37. The van der Waals surface area contributed by atoms with Crippen LogP contribution in [0.25, 0.3) is 6.08 Å². The van der Waals surface area contributed by atoms with Gasteiger partial charge >= 0.3 is 5.97 Å². The molecule has 3 nitrogen and oxygen atoms in total. The maximum Gasteiger partial charge on any atom is 0.330 e. The van der Waals surface area contributed by atoms with Crippen LogP contribution >= 0.6 is 0 Å². The molecule has 0 aliphatic carbocycles. The van der Waals surface area contributed by atoms with Gasteiger partial charge in [-0.05, 0) is 44.0 Å². The molecule has 0 radical (unpaired) electrons. The zero-order valence-corrected chi connectivity index (χ0v) is 11.9. The van der Waals surface area contributed by atoms with Gasteiger partial charge in [0.05, 0.1) is 12.7 Å². The number of esters is 1. The van der Waals surface area contributed by atoms with Gasteiger partial charge in [-0.3, -0.25) is 0 Å². The summed E-state index contributed by atoms with van der Waals surface area (Å²) in [6.07, 6.45) is 5.28. The van der Waals surface area contributed by atoms with Gasteiger partial charge in [0.15, 0.2) is 0 Å². The summed E-state index contributed by atoms with van der Waals surface area (Å²) in [5.74, 6) is 0.536. The molecule has 0 fully saturated rings. The van der Waals surface area contributed by atoms with E-state index in [0.29, 0.717) is 6.61 Å². The molecule has 0 N–H and O–H groups in total. The first kappa shape index (κ1) is 15.3. The van der Waals surface area contributed by atoms with Gasteiger partial charge in [0, 0.05) is 6.08 Å². The lowest BCUT2D eigenvalue weighted by Crippen LogP contribution is -2.05. The fourth-order valence-electron chi connectivity index (χ4n) is 1.46. The van der Waals surface area contributed by atoms with E-state index in [4.69, 9.17) is 9.47 Å². The summed E-state index contributed by atoms with van der Waals surface area (Å²) >= 11 is 0. The van der Waals surface area contributed by atoms with Crippen molar-refractivity contribution in [1.82, 2.24) is 0 Å². The van der Waals surface area contributed by atoms with E-state index in [0.717, 1.165) is 24.2 Å². The Balaban J connectivity index is 2.46. The van der Waals surface area contributed by atoms with Crippen LogP contribution in [-0.4, -0.2) is 18.7 Å². The van der Waals surface area contributed by atoms with Crippen molar-refractivity contribution in [3.05, 3.63) is 35.9 Å². The number of hydrogen-bond acceptors (Lipinski definition) is 3. The monoisotopic (exact) mass is 262 g/mol. The molecule has 3 heteroatoms. The van der Waals surface area contributed by atoms with Crippen LogP contribution in [0.3, 0.4) is 0 Å². The van der Waals surface area contributed by atoms with Crippen molar-refractivity contribution in [3.8, 4) is 5.75 Å². The molecule has 1 rings (SSSR count). The minimum Gasteiger partial charge on any atom is -0.491 e. The molecule has 0 heterocycles. The molecule has 104 valence electrons. The molecule has 19 heavy (non-hydrogen) atoms. The molecular weight excluding hydrogens is 240 g/mol. The van der Waals surface area contributed by atoms with Crippen LogP contribution in [0.5, 0.6) is 5.75 Å². The van der Waals surface area contributed by atoms with Crippen LogP contribution in [0.1, 0.15) is 39.2 Å². The number of carbonyl (C=O) groups is 1. The zero-order chi connectivity index (χ0) is 14.1. The topological polar surface area (TPSA) is 35.5 Å². The van der Waals surface area contributed by atoms with Crippen LogP contribution < -0.4 is 4.74 Å². The van der Waals surface area contributed by atoms with E-state index in [-0.39, 0.29) is 12.1 Å². The quantitative estimate of drug-likeness (QED) is 0.425. The lowest BCUT2D eigenvalue weighted by Gasteiger charge is -2.09. The molecule has 0 amide bonds. The molecule has 1 aromatic rings. The Kier molecular flexibility index (Phi) is 6.72. The van der Waals surface area contributed by atoms with Gasteiger partial charge in [-0.1, -0.05) is 25.5 Å². The van der Waals surface area contributed by atoms with Crippen molar-refractivity contribution in [2.24, 2.45) is 0 Å². The van der Waals surface area contributed by atoms with Gasteiger partial charge in [-0.2, -0.15) is 0 Å². The van der Waals surface area contributed by atoms with E-state index in [9.17, 15) is 4.79 Å². The molecule has 0 unspecified atom stereocenters. The standard InChI is InChI=1S/C16H22O3/c1-4-5-12-18-16(17)11-8-14-6-9-15(10-7-14)19-13(2)3/h6-11,13H,4-5,12H2,1-3H3/b11-8+. The summed E-state index contributed by atoms with van der Waals surface area (Å²) in [4.78, 5) is 11.4. The summed E-state index contributed by atoms with van der Waals surface area (Å²) < 4.78 is 10.6. The molecule has 0 spiro atoms. The number of carbonyl (C=O) groups excluding carboxylic acids is 1. The van der Waals surface area contributed by atoms with Crippen LogP contribution in [0.15, 0.2) is 30.3 Å². The van der Waals surface area contributed by atoms with E-state index < -0.39 is 0 Å². The Hall–Kier alpha value is -1.77. The molecule has 1 aromatic carbocycles. The lowest BCUT2D eigenvalue weighted by molar-refractivity contribution is -0.137. The van der Waals surface area contributed by atoms with Gasteiger partial charge in [-0.25, -0.2) is 4.79 Å². The smallest absolute Gasteiger partial charge is 0.330 e. The third-order valence-electron chi connectivity index (χ3n) is 2.41. The average molecular weight is 262 g/mol. The normalized spacial score (nSPS) is 10.9. The first-order chi connectivity index (χ1) is 9.11. The Morgan fingerprint density at radius 2 is 1.95 bits per heavy atom. The summed E-state index contributed by atoms with van der Waals surface area (Å²) in [6, 6.07) is 7.60. The highest BCUT2D eigenvalue weighted by atomic mass is 16.5. The van der Waals surface area contributed by atoms with Crippen molar-refractivity contribution in [2.75, 3.05) is 6.61 Å². The lowest BCUT2D eigenvalue weighted by atomic mass is 10.2. The van der Waals surface area contributed by atoms with Crippen molar-refractivity contribution in [2.45, 2.75) is 39.7 Å². The zero-order valence-electron chi connectivity index (χ0n) is 11.9. The van der Waals surface area contributed by atoms with Crippen LogP contribution in [0.4, 0.5) is 0 Å². The predicted molar refractivity (Wildman–Crippen MR) is 77.1 cm³/mol. The van der Waals surface area contributed by atoms with Crippen LogP contribution in [0, 0.1) is 0 Å². The van der Waals surface area contributed by atoms with E-state index in [1.54, 1.807) is 6.08 Å². The second kappa shape index (κ2) is 8.35. The predicted octanol–water partition coefficient (Wildman–Crippen LogP) is 3.83. The van der Waals surface area contributed by atoms with E-state index >= 15 is 0 Å². The summed E-state index contributed by atoms with van der Waals surface area (Å²) in [6.45, 7) is 6.52. The molecule has 0 aliphatic rings. The Morgan fingerprint density at radius 3 is 2.53 bits per heavy atom. The molecule has 0 aliphatic heterocycles. The molecule has 0 bridgehead atoms. The summed E-state index contributed by atoms with van der Waals surface area (Å²) in [7, 11) is 0. The molecule has 0 saturated carbocycles. The molecule has 0 saturated heterocycles. The Labute approximate surface area is 115 Å². The summed E-state index contributed by atoms with van der Waals surface area (Å²) in [5.41, 5.74) is 0.948. The maximum absolute atomic E-state index is 11.4. The molecule has 0 atom stereocenters. The second-order valence-corrected chi connectivity index (χ2v) is 4.59. The number of ether oxygens (including phenoxy) is 2. The van der Waals surface area contributed by atoms with E-state index in [1.165, 1.54) is 6.08 Å². The van der Waals surface area contributed by atoms with Crippen LogP contribution in [0.2, 0.25) is 0 Å². The minimum atomic E-state index is -0.295. The van der Waals surface area contributed by atoms with E-state index in [1.807, 2.05) is 38.1 Å². The Morgan fingerprint density at radius 1 is 1.26 bits per heavy atom. The largest absolute Gasteiger partial charge is 0.491 e. The number of hydrogen-bond donors (Lipinski definition) is 0.